The maximum absolute atomic E-state index is 11.8. The molecule has 2 unspecified atom stereocenters. The average Bonchev–Trinajstić information content (AvgIpc) is 2.74. The summed E-state index contributed by atoms with van der Waals surface area (Å²) in [6, 6.07) is 2.04. The molecular weight excluding hydrogens is 260 g/mol. The monoisotopic (exact) mass is 280 g/mol. The zero-order valence-corrected chi connectivity index (χ0v) is 12.1. The zero-order chi connectivity index (χ0) is 13.9. The van der Waals surface area contributed by atoms with Crippen LogP contribution in [-0.2, 0) is 4.79 Å². The number of amides is 1. The molecule has 0 aliphatic heterocycles. The molecule has 1 fully saturated rings. The van der Waals surface area contributed by atoms with Crippen LogP contribution in [0.15, 0.2) is 23.6 Å². The maximum atomic E-state index is 11.8. The molecule has 1 aromatic heterocycles. The number of hydrogen-bond donors (Lipinski definition) is 2. The Balaban J connectivity index is 2.03. The molecule has 1 saturated carbocycles. The minimum absolute atomic E-state index is 0.240. The molecule has 5 nitrogen and oxygen atoms in total. The number of rotatable bonds is 5. The third-order valence-corrected chi connectivity index (χ3v) is 4.48. The molecule has 6 heteroatoms. The molecule has 19 heavy (non-hydrogen) atoms. The van der Waals surface area contributed by atoms with Gasteiger partial charge >= 0.3 is 0 Å². The zero-order valence-electron chi connectivity index (χ0n) is 11.3. The van der Waals surface area contributed by atoms with Crippen LogP contribution in [0.4, 0.5) is 0 Å². The van der Waals surface area contributed by atoms with Crippen molar-refractivity contribution in [2.75, 3.05) is 0 Å². The number of nitrogens with zero attached hydrogens (tertiary/aromatic N) is 2. The predicted molar refractivity (Wildman–Crippen MR) is 75.7 cm³/mol. The highest BCUT2D eigenvalue weighted by Gasteiger charge is 2.44. The van der Waals surface area contributed by atoms with E-state index >= 15 is 0 Å². The average molecular weight is 280 g/mol. The van der Waals surface area contributed by atoms with Crippen molar-refractivity contribution in [3.05, 3.63) is 18.5 Å². The van der Waals surface area contributed by atoms with E-state index in [2.05, 4.69) is 15.3 Å². The van der Waals surface area contributed by atoms with Crippen LogP contribution in [-0.4, -0.2) is 32.7 Å². The van der Waals surface area contributed by atoms with Gasteiger partial charge in [0.2, 0.25) is 5.91 Å². The third-order valence-electron chi connectivity index (χ3n) is 3.32. The second kappa shape index (κ2) is 5.88. The summed E-state index contributed by atoms with van der Waals surface area (Å²) in [6.07, 6.45) is 5.94. The fourth-order valence-corrected chi connectivity index (χ4v) is 3.72. The van der Waals surface area contributed by atoms with Crippen molar-refractivity contribution in [3.8, 4) is 0 Å². The van der Waals surface area contributed by atoms with E-state index in [1.165, 1.54) is 0 Å². The van der Waals surface area contributed by atoms with Crippen molar-refractivity contribution in [2.45, 2.75) is 55.1 Å². The highest BCUT2D eigenvalue weighted by atomic mass is 32.2. The van der Waals surface area contributed by atoms with Crippen LogP contribution in [0.2, 0.25) is 0 Å². The second-order valence-corrected chi connectivity index (χ2v) is 6.53. The lowest BCUT2D eigenvalue weighted by Crippen LogP contribution is -2.56. The van der Waals surface area contributed by atoms with Gasteiger partial charge in [-0.3, -0.25) is 4.79 Å². The maximum Gasteiger partial charge on any atom is 0.237 e. The Labute approximate surface area is 117 Å². The number of nitrogens with one attached hydrogen (secondary N) is 1. The SMILES string of the molecule is CC(C)NC1(C(N)=O)CCC(Sc2ncccn2)C1. The molecule has 0 aromatic carbocycles. The number of carbonyl (C=O) groups is 1. The van der Waals surface area contributed by atoms with Crippen LogP contribution in [0.3, 0.4) is 0 Å². The first kappa shape index (κ1) is 14.3. The highest BCUT2D eigenvalue weighted by Crippen LogP contribution is 2.39. The largest absolute Gasteiger partial charge is 0.368 e. The van der Waals surface area contributed by atoms with Crippen molar-refractivity contribution < 1.29 is 4.79 Å². The number of hydrogen-bond acceptors (Lipinski definition) is 5. The van der Waals surface area contributed by atoms with E-state index in [9.17, 15) is 4.79 Å². The van der Waals surface area contributed by atoms with Crippen molar-refractivity contribution in [3.63, 3.8) is 0 Å². The van der Waals surface area contributed by atoms with Crippen LogP contribution in [0.1, 0.15) is 33.1 Å². The fourth-order valence-electron chi connectivity index (χ4n) is 2.57. The smallest absolute Gasteiger partial charge is 0.237 e. The minimum atomic E-state index is -0.569. The topological polar surface area (TPSA) is 80.9 Å². The molecule has 1 aromatic rings. The molecule has 0 bridgehead atoms. The van der Waals surface area contributed by atoms with Crippen molar-refractivity contribution >= 4 is 17.7 Å². The van der Waals surface area contributed by atoms with Crippen LogP contribution >= 0.6 is 11.8 Å². The molecule has 2 atom stereocenters. The molecule has 0 spiro atoms. The number of carbonyl (C=O) groups excluding carboxylic acids is 1. The number of primary amides is 1. The lowest BCUT2D eigenvalue weighted by molar-refractivity contribution is -0.124. The molecule has 1 aliphatic rings. The Bertz CT molecular complexity index is 440. The molecule has 1 heterocycles. The molecular formula is C13H20N4OS. The van der Waals surface area contributed by atoms with E-state index in [4.69, 9.17) is 5.73 Å². The van der Waals surface area contributed by atoms with Gasteiger partial charge in [0, 0.05) is 23.7 Å². The van der Waals surface area contributed by atoms with Gasteiger partial charge in [0.1, 0.15) is 0 Å². The van der Waals surface area contributed by atoms with Gasteiger partial charge < -0.3 is 11.1 Å². The van der Waals surface area contributed by atoms with Gasteiger partial charge in [-0.05, 0) is 39.2 Å². The summed E-state index contributed by atoms with van der Waals surface area (Å²) in [5.41, 5.74) is 5.03. The Morgan fingerprint density at radius 2 is 2.21 bits per heavy atom. The van der Waals surface area contributed by atoms with Crippen LogP contribution < -0.4 is 11.1 Å². The summed E-state index contributed by atoms with van der Waals surface area (Å²) >= 11 is 1.63. The van der Waals surface area contributed by atoms with Gasteiger partial charge in [-0.2, -0.15) is 0 Å². The van der Waals surface area contributed by atoms with Crippen molar-refractivity contribution in [1.29, 1.82) is 0 Å². The van der Waals surface area contributed by atoms with Gasteiger partial charge in [-0.15, -0.1) is 0 Å². The van der Waals surface area contributed by atoms with E-state index in [-0.39, 0.29) is 11.9 Å². The summed E-state index contributed by atoms with van der Waals surface area (Å²) in [4.78, 5) is 20.2. The second-order valence-electron chi connectivity index (χ2n) is 5.26. The summed E-state index contributed by atoms with van der Waals surface area (Å²) in [7, 11) is 0. The molecule has 1 aliphatic carbocycles. The lowest BCUT2D eigenvalue weighted by atomic mass is 9.96. The normalized spacial score (nSPS) is 26.8. The van der Waals surface area contributed by atoms with E-state index in [0.717, 1.165) is 24.4 Å². The van der Waals surface area contributed by atoms with E-state index in [1.807, 2.05) is 13.8 Å². The Morgan fingerprint density at radius 3 is 2.79 bits per heavy atom. The number of nitrogens with two attached hydrogens (primary N) is 1. The fraction of sp³-hybridized carbons (Fsp3) is 0.615. The van der Waals surface area contributed by atoms with E-state index in [1.54, 1.807) is 30.2 Å². The quantitative estimate of drug-likeness (QED) is 0.796. The first-order chi connectivity index (χ1) is 9.02. The Hall–Kier alpha value is -1.14. The van der Waals surface area contributed by atoms with Crippen LogP contribution in [0.25, 0.3) is 0 Å². The lowest BCUT2D eigenvalue weighted by Gasteiger charge is -2.29. The molecule has 104 valence electrons. The number of aromatic nitrogens is 2. The van der Waals surface area contributed by atoms with E-state index < -0.39 is 5.54 Å². The van der Waals surface area contributed by atoms with Crippen LogP contribution in [0, 0.1) is 0 Å². The molecule has 2 rings (SSSR count). The minimum Gasteiger partial charge on any atom is -0.368 e. The van der Waals surface area contributed by atoms with Gasteiger partial charge in [0.25, 0.3) is 0 Å². The first-order valence-corrected chi connectivity index (χ1v) is 7.41. The van der Waals surface area contributed by atoms with Crippen LogP contribution in [0.5, 0.6) is 0 Å². The Morgan fingerprint density at radius 1 is 1.53 bits per heavy atom. The molecule has 0 saturated heterocycles. The van der Waals surface area contributed by atoms with Gasteiger partial charge in [-0.1, -0.05) is 11.8 Å². The van der Waals surface area contributed by atoms with Gasteiger partial charge in [0.15, 0.2) is 5.16 Å². The molecule has 0 radical (unpaired) electrons. The van der Waals surface area contributed by atoms with Crippen molar-refractivity contribution in [1.82, 2.24) is 15.3 Å². The first-order valence-electron chi connectivity index (χ1n) is 6.53. The summed E-state index contributed by atoms with van der Waals surface area (Å²) in [6.45, 7) is 4.07. The Kier molecular flexibility index (Phi) is 4.42. The van der Waals surface area contributed by atoms with Gasteiger partial charge in [-0.25, -0.2) is 9.97 Å². The summed E-state index contributed by atoms with van der Waals surface area (Å²) < 4.78 is 0. The summed E-state index contributed by atoms with van der Waals surface area (Å²) in [5, 5.41) is 4.44. The van der Waals surface area contributed by atoms with Gasteiger partial charge in [0.05, 0.1) is 5.54 Å². The number of thioether (sulfide) groups is 1. The summed E-state index contributed by atoms with van der Waals surface area (Å²) in [5.74, 6) is -0.252. The predicted octanol–water partition coefficient (Wildman–Crippen LogP) is 1.34. The molecule has 3 N–H and O–H groups in total. The van der Waals surface area contributed by atoms with E-state index in [0.29, 0.717) is 5.25 Å². The highest BCUT2D eigenvalue weighted by molar-refractivity contribution is 7.99. The van der Waals surface area contributed by atoms with Crippen molar-refractivity contribution in [2.24, 2.45) is 5.73 Å². The molecule has 1 amide bonds. The standard InChI is InChI=1S/C13H20N4OS/c1-9(2)17-13(11(14)18)5-4-10(8-13)19-12-15-6-3-7-16-12/h3,6-7,9-10,17H,4-5,8H2,1-2H3,(H2,14,18). The third kappa shape index (κ3) is 3.45.